The van der Waals surface area contributed by atoms with Crippen molar-refractivity contribution in [3.05, 3.63) is 40.7 Å². The fraction of sp³-hybridized carbons (Fsp3) is 0.308. The Labute approximate surface area is 94.4 Å². The van der Waals surface area contributed by atoms with Gasteiger partial charge in [0.05, 0.1) is 18.4 Å². The molecule has 0 bridgehead atoms. The summed E-state index contributed by atoms with van der Waals surface area (Å²) in [6.07, 6.45) is 1.33. The van der Waals surface area contributed by atoms with Crippen LogP contribution in [0.2, 0.25) is 0 Å². The fourth-order valence-electron chi connectivity index (χ4n) is 1.77. The highest BCUT2D eigenvalue weighted by molar-refractivity contribution is 6.10. The first kappa shape index (κ1) is 10.7. The van der Waals surface area contributed by atoms with E-state index in [4.69, 9.17) is 9.84 Å². The number of fused-ring (bicyclic) bond motifs is 1. The smallest absolute Gasteiger partial charge is 0.195 e. The Bertz CT molecular complexity index is 472. The van der Waals surface area contributed by atoms with Crippen molar-refractivity contribution >= 4 is 5.78 Å². The number of ketones is 1. The summed E-state index contributed by atoms with van der Waals surface area (Å²) in [4.78, 5) is 12.0. The molecule has 16 heavy (non-hydrogen) atoms. The van der Waals surface area contributed by atoms with E-state index in [2.05, 4.69) is 0 Å². The Kier molecular flexibility index (Phi) is 2.69. The van der Waals surface area contributed by atoms with E-state index in [1.165, 1.54) is 0 Å². The number of ether oxygens (including phenoxy) is 1. The Balaban J connectivity index is 2.58. The molecule has 0 radical (unpaired) electrons. The van der Waals surface area contributed by atoms with Gasteiger partial charge in [0.1, 0.15) is 5.75 Å². The molecule has 1 N–H and O–H groups in total. The number of Topliss-reactive ketones (excluding diaryl/α,β-unsaturated/α-hetero) is 1. The van der Waals surface area contributed by atoms with Gasteiger partial charge in [-0.1, -0.05) is 0 Å². The van der Waals surface area contributed by atoms with Gasteiger partial charge in [0.25, 0.3) is 0 Å². The second-order valence-electron chi connectivity index (χ2n) is 4.01. The molecule has 0 fully saturated rings. The number of benzene rings is 1. The number of hydrogen-bond acceptors (Lipinski definition) is 3. The lowest BCUT2D eigenvalue weighted by Crippen LogP contribution is -2.03. The molecule has 0 amide bonds. The molecular formula is C13H14O3. The third kappa shape index (κ3) is 1.69. The van der Waals surface area contributed by atoms with Crippen LogP contribution in [0.15, 0.2) is 24.0 Å². The van der Waals surface area contributed by atoms with Gasteiger partial charge >= 0.3 is 0 Å². The molecular weight excluding hydrogens is 204 g/mol. The van der Waals surface area contributed by atoms with Gasteiger partial charge in [0.15, 0.2) is 5.78 Å². The molecule has 1 aliphatic heterocycles. The van der Waals surface area contributed by atoms with E-state index in [-0.39, 0.29) is 5.78 Å². The van der Waals surface area contributed by atoms with Crippen LogP contribution < -0.4 is 4.74 Å². The van der Waals surface area contributed by atoms with Gasteiger partial charge in [0.2, 0.25) is 0 Å². The minimum Gasteiger partial charge on any atom is -0.515 e. The molecule has 1 aliphatic rings. The number of hydrogen-bond donors (Lipinski definition) is 1. The van der Waals surface area contributed by atoms with Crippen molar-refractivity contribution in [3.63, 3.8) is 0 Å². The van der Waals surface area contributed by atoms with Crippen LogP contribution in [0.25, 0.3) is 0 Å². The highest BCUT2D eigenvalue weighted by atomic mass is 16.5. The third-order valence-corrected chi connectivity index (χ3v) is 2.92. The zero-order chi connectivity index (χ0) is 11.7. The molecule has 0 atom stereocenters. The van der Waals surface area contributed by atoms with E-state index in [1.807, 2.05) is 26.0 Å². The second-order valence-corrected chi connectivity index (χ2v) is 4.01. The van der Waals surface area contributed by atoms with E-state index in [9.17, 15) is 4.79 Å². The summed E-state index contributed by atoms with van der Waals surface area (Å²) in [5, 5.41) is 9.00. The Hall–Kier alpha value is -1.77. The average molecular weight is 218 g/mol. The van der Waals surface area contributed by atoms with Crippen LogP contribution in [0.3, 0.4) is 0 Å². The first-order valence-corrected chi connectivity index (χ1v) is 5.25. The van der Waals surface area contributed by atoms with Crippen molar-refractivity contribution in [1.29, 1.82) is 0 Å². The molecule has 1 heterocycles. The van der Waals surface area contributed by atoms with Crippen molar-refractivity contribution < 1.29 is 14.6 Å². The lowest BCUT2D eigenvalue weighted by molar-refractivity contribution is 0.103. The number of rotatable bonds is 0. The maximum Gasteiger partial charge on any atom is 0.195 e. The SMILES string of the molecule is Cc1cc2c(cc1C)C(=O)/C(=C\O)CCO2. The van der Waals surface area contributed by atoms with Gasteiger partial charge in [-0.15, -0.1) is 0 Å². The minimum absolute atomic E-state index is 0.141. The van der Waals surface area contributed by atoms with Crippen LogP contribution in [0.5, 0.6) is 5.75 Å². The molecule has 1 aromatic carbocycles. The van der Waals surface area contributed by atoms with Crippen molar-refractivity contribution in [2.24, 2.45) is 0 Å². The Morgan fingerprint density at radius 2 is 2.00 bits per heavy atom. The number of aliphatic hydroxyl groups is 1. The highest BCUT2D eigenvalue weighted by Gasteiger charge is 2.21. The monoisotopic (exact) mass is 218 g/mol. The maximum absolute atomic E-state index is 12.0. The van der Waals surface area contributed by atoms with Crippen LogP contribution in [0.4, 0.5) is 0 Å². The van der Waals surface area contributed by atoms with Crippen LogP contribution >= 0.6 is 0 Å². The summed E-state index contributed by atoms with van der Waals surface area (Å²) in [6.45, 7) is 4.36. The van der Waals surface area contributed by atoms with Crippen molar-refractivity contribution in [2.45, 2.75) is 20.3 Å². The number of carbonyl (C=O) groups excluding carboxylic acids is 1. The zero-order valence-electron chi connectivity index (χ0n) is 9.41. The molecule has 1 aromatic rings. The van der Waals surface area contributed by atoms with Crippen LogP contribution in [0.1, 0.15) is 27.9 Å². The molecule has 0 aromatic heterocycles. The van der Waals surface area contributed by atoms with Crippen LogP contribution in [-0.2, 0) is 0 Å². The normalized spacial score (nSPS) is 17.9. The molecule has 3 nitrogen and oxygen atoms in total. The summed E-state index contributed by atoms with van der Waals surface area (Å²) in [5.74, 6) is 0.475. The van der Waals surface area contributed by atoms with Crippen LogP contribution in [0, 0.1) is 13.8 Å². The van der Waals surface area contributed by atoms with E-state index < -0.39 is 0 Å². The molecule has 84 valence electrons. The van der Waals surface area contributed by atoms with Gasteiger partial charge in [0, 0.05) is 12.0 Å². The van der Waals surface area contributed by atoms with Gasteiger partial charge in [-0.3, -0.25) is 4.79 Å². The van der Waals surface area contributed by atoms with Gasteiger partial charge in [-0.25, -0.2) is 0 Å². The van der Waals surface area contributed by atoms with Crippen molar-refractivity contribution in [2.75, 3.05) is 6.61 Å². The van der Waals surface area contributed by atoms with E-state index in [0.29, 0.717) is 29.9 Å². The topological polar surface area (TPSA) is 46.5 Å². The standard InChI is InChI=1S/C13H14O3/c1-8-5-11-12(6-9(8)2)16-4-3-10(7-14)13(11)15/h5-7,14H,3-4H2,1-2H3/b10-7-. The molecule has 2 rings (SSSR count). The fourth-order valence-corrected chi connectivity index (χ4v) is 1.77. The average Bonchev–Trinajstić information content (AvgIpc) is 2.41. The molecule has 0 saturated heterocycles. The van der Waals surface area contributed by atoms with E-state index in [0.717, 1.165) is 17.4 Å². The first-order valence-electron chi connectivity index (χ1n) is 5.25. The zero-order valence-corrected chi connectivity index (χ0v) is 9.41. The summed E-state index contributed by atoms with van der Waals surface area (Å²) in [7, 11) is 0. The molecule has 3 heteroatoms. The maximum atomic E-state index is 12.0. The second kappa shape index (κ2) is 4.00. The van der Waals surface area contributed by atoms with Crippen molar-refractivity contribution in [3.8, 4) is 5.75 Å². The largest absolute Gasteiger partial charge is 0.515 e. The number of aliphatic hydroxyl groups excluding tert-OH is 1. The number of aryl methyl sites for hydroxylation is 2. The minimum atomic E-state index is -0.141. The Morgan fingerprint density at radius 1 is 1.31 bits per heavy atom. The summed E-state index contributed by atoms with van der Waals surface area (Å²) >= 11 is 0. The van der Waals surface area contributed by atoms with Gasteiger partial charge in [-0.2, -0.15) is 0 Å². The third-order valence-electron chi connectivity index (χ3n) is 2.92. The lowest BCUT2D eigenvalue weighted by atomic mass is 9.98. The van der Waals surface area contributed by atoms with E-state index >= 15 is 0 Å². The van der Waals surface area contributed by atoms with Crippen LogP contribution in [-0.4, -0.2) is 17.5 Å². The predicted octanol–water partition coefficient (Wildman–Crippen LogP) is 2.71. The number of carbonyl (C=O) groups is 1. The van der Waals surface area contributed by atoms with Crippen molar-refractivity contribution in [1.82, 2.24) is 0 Å². The first-order chi connectivity index (χ1) is 7.63. The van der Waals surface area contributed by atoms with Gasteiger partial charge in [-0.05, 0) is 37.1 Å². The lowest BCUT2D eigenvalue weighted by Gasteiger charge is -2.09. The molecule has 0 saturated carbocycles. The molecule has 0 spiro atoms. The summed E-state index contributed by atoms with van der Waals surface area (Å²) in [5.41, 5.74) is 3.10. The van der Waals surface area contributed by atoms with Gasteiger partial charge < -0.3 is 9.84 Å². The predicted molar refractivity (Wildman–Crippen MR) is 61.1 cm³/mol. The summed E-state index contributed by atoms with van der Waals surface area (Å²) in [6, 6.07) is 3.70. The Morgan fingerprint density at radius 3 is 2.69 bits per heavy atom. The highest BCUT2D eigenvalue weighted by Crippen LogP contribution is 2.29. The summed E-state index contributed by atoms with van der Waals surface area (Å²) < 4.78 is 5.51. The van der Waals surface area contributed by atoms with E-state index in [1.54, 1.807) is 0 Å². The molecule has 0 unspecified atom stereocenters. The quantitative estimate of drug-likeness (QED) is 0.538. The molecule has 0 aliphatic carbocycles.